The van der Waals surface area contributed by atoms with Gasteiger partial charge in [0.15, 0.2) is 0 Å². The van der Waals surface area contributed by atoms with E-state index in [1.807, 2.05) is 0 Å². The van der Waals surface area contributed by atoms with Crippen LogP contribution >= 0.6 is 11.6 Å². The van der Waals surface area contributed by atoms with Gasteiger partial charge in [0.05, 0.1) is 22.8 Å². The van der Waals surface area contributed by atoms with E-state index >= 15 is 0 Å². The number of halogens is 4. The van der Waals surface area contributed by atoms with Gasteiger partial charge < -0.3 is 36.1 Å². The number of alkyl halides is 3. The summed E-state index contributed by atoms with van der Waals surface area (Å²) >= 11 is 6.29. The zero-order valence-electron chi connectivity index (χ0n) is 20.5. The van der Waals surface area contributed by atoms with Crippen molar-refractivity contribution in [1.29, 1.82) is 0 Å². The maximum atomic E-state index is 12.9. The van der Waals surface area contributed by atoms with Crippen LogP contribution in [0.25, 0.3) is 6.08 Å². The topological polar surface area (TPSA) is 169 Å². The highest BCUT2D eigenvalue weighted by molar-refractivity contribution is 6.32. The molecule has 3 aromatic rings. The summed E-state index contributed by atoms with van der Waals surface area (Å²) in [5.41, 5.74) is 4.87. The van der Waals surface area contributed by atoms with E-state index in [1.54, 1.807) is 6.07 Å². The molecule has 2 aromatic carbocycles. The number of nitrogens with zero attached hydrogens (tertiary/aromatic N) is 2. The quantitative estimate of drug-likeness (QED) is 0.255. The van der Waals surface area contributed by atoms with E-state index in [-0.39, 0.29) is 35.3 Å². The van der Waals surface area contributed by atoms with Crippen LogP contribution in [0.2, 0.25) is 5.02 Å². The summed E-state index contributed by atoms with van der Waals surface area (Å²) in [6, 6.07) is 9.11. The monoisotopic (exact) mass is 581 g/mol. The third-order valence-electron chi connectivity index (χ3n) is 5.08. The molecule has 0 unspecified atom stereocenters. The molecule has 1 aliphatic rings. The predicted octanol–water partition coefficient (Wildman–Crippen LogP) is 5.04. The van der Waals surface area contributed by atoms with Crippen molar-refractivity contribution in [3.63, 3.8) is 0 Å². The number of anilines is 3. The van der Waals surface area contributed by atoms with Gasteiger partial charge in [-0.1, -0.05) is 17.7 Å². The zero-order chi connectivity index (χ0) is 29.3. The fourth-order valence-electron chi connectivity index (χ4n) is 3.31. The summed E-state index contributed by atoms with van der Waals surface area (Å²) in [4.78, 5) is 29.4. The van der Waals surface area contributed by atoms with Crippen molar-refractivity contribution in [2.75, 3.05) is 30.4 Å². The molecule has 40 heavy (non-hydrogen) atoms. The number of hydrogen-bond acceptors (Lipinski definition) is 9. The van der Waals surface area contributed by atoms with Crippen molar-refractivity contribution in [3.8, 4) is 11.5 Å². The van der Waals surface area contributed by atoms with Crippen molar-refractivity contribution in [3.05, 3.63) is 70.5 Å². The fraction of sp³-hybridized carbons (Fsp3) is 0.200. The molecule has 0 saturated carbocycles. The molecular weight excluding hydrogens is 559 g/mol. The number of aliphatic carboxylic acids is 1. The minimum atomic E-state index is -4.49. The molecule has 1 aliphatic heterocycles. The molecular formula is C25H23ClF3N5O6. The largest absolute Gasteiger partial charge is 0.478 e. The van der Waals surface area contributed by atoms with Crippen LogP contribution < -0.4 is 21.1 Å². The first-order valence-corrected chi connectivity index (χ1v) is 11.8. The van der Waals surface area contributed by atoms with Gasteiger partial charge in [0.1, 0.15) is 36.1 Å². The second-order valence-electron chi connectivity index (χ2n) is 7.93. The van der Waals surface area contributed by atoms with Crippen molar-refractivity contribution in [2.45, 2.75) is 12.6 Å². The lowest BCUT2D eigenvalue weighted by molar-refractivity contribution is -0.137. The molecule has 212 valence electrons. The van der Waals surface area contributed by atoms with E-state index in [2.05, 4.69) is 31.1 Å². The molecule has 0 fully saturated rings. The molecule has 1 amide bonds. The molecule has 0 saturated heterocycles. The Morgan fingerprint density at radius 2 is 1.95 bits per heavy atom. The molecule has 0 radical (unpaired) electrons. The van der Waals surface area contributed by atoms with Crippen molar-refractivity contribution in [2.24, 2.45) is 5.73 Å². The Hall–Kier alpha value is -4.56. The van der Waals surface area contributed by atoms with Crippen LogP contribution in [0.3, 0.4) is 0 Å². The normalized spacial score (nSPS) is 12.4. The first-order chi connectivity index (χ1) is 19.0. The molecule has 0 atom stereocenters. The third kappa shape index (κ3) is 8.47. The van der Waals surface area contributed by atoms with E-state index in [0.717, 1.165) is 12.1 Å². The lowest BCUT2D eigenvalue weighted by atomic mass is 10.1. The molecule has 11 nitrogen and oxygen atoms in total. The van der Waals surface area contributed by atoms with Gasteiger partial charge in [-0.25, -0.2) is 19.6 Å². The minimum Gasteiger partial charge on any atom is -0.478 e. The van der Waals surface area contributed by atoms with E-state index in [1.165, 1.54) is 36.7 Å². The van der Waals surface area contributed by atoms with Crippen LogP contribution in [-0.2, 0) is 15.7 Å². The van der Waals surface area contributed by atoms with E-state index < -0.39 is 23.8 Å². The highest BCUT2D eigenvalue weighted by Gasteiger charge is 2.30. The number of nitrogens with one attached hydrogen (secondary N) is 2. The first-order valence-electron chi connectivity index (χ1n) is 11.5. The summed E-state index contributed by atoms with van der Waals surface area (Å²) in [5.74, 6) is -0.0301. The van der Waals surface area contributed by atoms with Gasteiger partial charge in [-0.05, 0) is 48.9 Å². The standard InChI is InChI=1S/C22H16ClF3N4O3.C3H7NO3/c23-17-10-14(4-5-18(17)33-15-3-1-2-13(9-15)22(24,25)26)30-20-16-8-12(21(31)32)6-7-27-19(16)28-11-29-20;4-3(6)7-2-1-5/h1-5,8-11H,6-7H2,(H,31,32)(H2,27,28,29,30);5H,1-2H2,(H2,4,6). The Balaban J connectivity index is 0.000000559. The van der Waals surface area contributed by atoms with Crippen LogP contribution in [0.4, 0.5) is 35.3 Å². The smallest absolute Gasteiger partial charge is 0.416 e. The maximum Gasteiger partial charge on any atom is 0.416 e. The SMILES string of the molecule is NC(=O)OCCO.O=C(O)C1=Cc2c(ncnc2Nc2ccc(Oc3cccc(C(F)(F)F)c3)c(Cl)c2)NCC1. The number of aromatic nitrogens is 2. The highest BCUT2D eigenvalue weighted by atomic mass is 35.5. The molecule has 0 aliphatic carbocycles. The van der Waals surface area contributed by atoms with Crippen molar-refractivity contribution < 1.29 is 42.4 Å². The predicted molar refractivity (Wildman–Crippen MR) is 140 cm³/mol. The number of primary amides is 1. The molecule has 15 heteroatoms. The average molecular weight is 582 g/mol. The number of nitrogens with two attached hydrogens (primary N) is 1. The number of aliphatic hydroxyl groups excluding tert-OH is 1. The van der Waals surface area contributed by atoms with Crippen LogP contribution in [0, 0.1) is 0 Å². The number of benzene rings is 2. The van der Waals surface area contributed by atoms with E-state index in [0.29, 0.717) is 35.9 Å². The first kappa shape index (κ1) is 30.0. The van der Waals surface area contributed by atoms with Gasteiger partial charge >= 0.3 is 18.2 Å². The third-order valence-corrected chi connectivity index (χ3v) is 5.38. The van der Waals surface area contributed by atoms with E-state index in [9.17, 15) is 27.9 Å². The number of aliphatic hydroxyl groups is 1. The fourth-order valence-corrected chi connectivity index (χ4v) is 3.53. The number of carboxylic acids is 1. The van der Waals surface area contributed by atoms with Crippen molar-refractivity contribution in [1.82, 2.24) is 9.97 Å². The van der Waals surface area contributed by atoms with Crippen LogP contribution in [-0.4, -0.2) is 52.0 Å². The zero-order valence-corrected chi connectivity index (χ0v) is 21.3. The number of amides is 1. The Bertz CT molecular complexity index is 1400. The number of hydrogen-bond donors (Lipinski definition) is 5. The summed E-state index contributed by atoms with van der Waals surface area (Å²) < 4.78 is 48.4. The number of ether oxygens (including phenoxy) is 2. The van der Waals surface area contributed by atoms with Crippen LogP contribution in [0.5, 0.6) is 11.5 Å². The molecule has 2 heterocycles. The Morgan fingerprint density at radius 1 is 1.18 bits per heavy atom. The summed E-state index contributed by atoms with van der Waals surface area (Å²) in [6.45, 7) is 0.216. The Kier molecular flexibility index (Phi) is 10.1. The van der Waals surface area contributed by atoms with Crippen LogP contribution in [0.1, 0.15) is 17.5 Å². The Labute approximate surface area is 230 Å². The molecule has 4 rings (SSSR count). The number of carbonyl (C=O) groups is 2. The Morgan fingerprint density at radius 3 is 2.58 bits per heavy atom. The second-order valence-corrected chi connectivity index (χ2v) is 8.33. The van der Waals surface area contributed by atoms with Crippen LogP contribution in [0.15, 0.2) is 54.4 Å². The summed E-state index contributed by atoms with van der Waals surface area (Å²) in [7, 11) is 0. The van der Waals surface area contributed by atoms with Gasteiger partial charge in [0.25, 0.3) is 0 Å². The van der Waals surface area contributed by atoms with Gasteiger partial charge in [0, 0.05) is 17.8 Å². The van der Waals surface area contributed by atoms with Gasteiger partial charge in [-0.2, -0.15) is 13.2 Å². The average Bonchev–Trinajstić information content (AvgIpc) is 3.13. The number of carboxylic acid groups (broad SMARTS) is 1. The lowest BCUT2D eigenvalue weighted by Gasteiger charge is -2.14. The van der Waals surface area contributed by atoms with Gasteiger partial charge in [0.2, 0.25) is 0 Å². The summed E-state index contributed by atoms with van der Waals surface area (Å²) in [6.07, 6.45) is -2.18. The molecule has 0 spiro atoms. The minimum absolute atomic E-state index is 0.00836. The van der Waals surface area contributed by atoms with E-state index in [4.69, 9.17) is 21.4 Å². The number of rotatable bonds is 7. The second kappa shape index (κ2) is 13.5. The number of fused-ring (bicyclic) bond motifs is 1. The highest BCUT2D eigenvalue weighted by Crippen LogP contribution is 2.36. The van der Waals surface area contributed by atoms with Gasteiger partial charge in [-0.3, -0.25) is 0 Å². The maximum absolute atomic E-state index is 12.9. The summed E-state index contributed by atoms with van der Waals surface area (Å²) in [5, 5.41) is 23.6. The van der Waals surface area contributed by atoms with Gasteiger partial charge in [-0.15, -0.1) is 0 Å². The molecule has 6 N–H and O–H groups in total. The molecule has 1 aromatic heterocycles. The molecule has 0 bridgehead atoms. The lowest BCUT2D eigenvalue weighted by Crippen LogP contribution is -2.15. The number of carbonyl (C=O) groups excluding carboxylic acids is 1. The van der Waals surface area contributed by atoms with Crippen molar-refractivity contribution >= 4 is 47.1 Å².